The monoisotopic (exact) mass is 472 g/mol. The van der Waals surface area contributed by atoms with E-state index in [1.807, 2.05) is 54.6 Å². The molecule has 0 unspecified atom stereocenters. The Morgan fingerprint density at radius 3 is 2.68 bits per heavy atom. The summed E-state index contributed by atoms with van der Waals surface area (Å²) in [5, 5.41) is 9.95. The number of pyridine rings is 1. The van der Waals surface area contributed by atoms with Crippen LogP contribution in [0.3, 0.4) is 0 Å². The Labute approximate surface area is 201 Å². The van der Waals surface area contributed by atoms with Crippen LogP contribution in [-0.4, -0.2) is 23.0 Å². The lowest BCUT2D eigenvalue weighted by Gasteiger charge is -2.20. The zero-order chi connectivity index (χ0) is 24.2. The van der Waals surface area contributed by atoms with E-state index in [4.69, 9.17) is 9.72 Å². The number of H-pyrrole nitrogens is 1. The maximum absolute atomic E-state index is 13.5. The van der Waals surface area contributed by atoms with Gasteiger partial charge in [-0.1, -0.05) is 41.7 Å². The summed E-state index contributed by atoms with van der Waals surface area (Å²) in [5.41, 5.74) is 3.61. The van der Waals surface area contributed by atoms with Gasteiger partial charge in [0.25, 0.3) is 5.56 Å². The Hall–Kier alpha value is -3.96. The third-order valence-corrected chi connectivity index (χ3v) is 6.85. The number of carbonyl (C=O) groups is 1. The van der Waals surface area contributed by atoms with Gasteiger partial charge < -0.3 is 9.72 Å². The van der Waals surface area contributed by atoms with E-state index in [1.54, 1.807) is 25.9 Å². The van der Waals surface area contributed by atoms with Gasteiger partial charge in [0.05, 0.1) is 23.9 Å². The SMILES string of the molecule is COc1ccc2nc(N(Cc3ccccc3)C(=O)CCc3c(C)[nH]c(=O)c(C#N)c3C)sc2c1. The van der Waals surface area contributed by atoms with Crippen LogP contribution in [0.5, 0.6) is 5.75 Å². The standard InChI is InChI=1S/C26H24N4O3S/c1-16-20(17(2)28-25(32)21(16)14-27)10-12-24(31)30(15-18-7-5-4-6-8-18)26-29-22-11-9-19(33-3)13-23(22)34-26/h4-9,11,13H,10,12,15H2,1-3H3,(H,28,32). The first-order chi connectivity index (χ1) is 16.4. The van der Waals surface area contributed by atoms with Crippen LogP contribution in [0.25, 0.3) is 10.2 Å². The molecule has 0 saturated carbocycles. The summed E-state index contributed by atoms with van der Waals surface area (Å²) in [6.07, 6.45) is 0.622. The van der Waals surface area contributed by atoms with Crippen molar-refractivity contribution in [3.05, 3.63) is 86.8 Å². The van der Waals surface area contributed by atoms with Gasteiger partial charge in [-0.25, -0.2) is 4.98 Å². The molecular weight excluding hydrogens is 448 g/mol. The van der Waals surface area contributed by atoms with Gasteiger partial charge in [0.2, 0.25) is 5.91 Å². The molecule has 0 aliphatic rings. The van der Waals surface area contributed by atoms with Crippen molar-refractivity contribution in [1.82, 2.24) is 9.97 Å². The number of nitrogens with zero attached hydrogens (tertiary/aromatic N) is 3. The van der Waals surface area contributed by atoms with Gasteiger partial charge in [-0.2, -0.15) is 5.26 Å². The van der Waals surface area contributed by atoms with Crippen LogP contribution in [0.2, 0.25) is 0 Å². The normalized spacial score (nSPS) is 10.8. The van der Waals surface area contributed by atoms with Gasteiger partial charge >= 0.3 is 0 Å². The van der Waals surface area contributed by atoms with Crippen LogP contribution < -0.4 is 15.2 Å². The Bertz CT molecular complexity index is 1450. The number of anilines is 1. The van der Waals surface area contributed by atoms with Crippen LogP contribution in [-0.2, 0) is 17.8 Å². The van der Waals surface area contributed by atoms with Gasteiger partial charge in [0, 0.05) is 12.1 Å². The van der Waals surface area contributed by atoms with Crippen LogP contribution in [0.1, 0.15) is 34.4 Å². The van der Waals surface area contributed by atoms with Crippen molar-refractivity contribution >= 4 is 32.6 Å². The summed E-state index contributed by atoms with van der Waals surface area (Å²) in [4.78, 5) is 34.7. The number of nitrogens with one attached hydrogen (secondary N) is 1. The fourth-order valence-electron chi connectivity index (χ4n) is 3.95. The van der Waals surface area contributed by atoms with E-state index in [0.717, 1.165) is 27.1 Å². The second-order valence-electron chi connectivity index (χ2n) is 7.97. The largest absolute Gasteiger partial charge is 0.497 e. The molecule has 0 radical (unpaired) electrons. The first-order valence-electron chi connectivity index (χ1n) is 10.8. The number of methoxy groups -OCH3 is 1. The molecular formula is C26H24N4O3S. The van der Waals surface area contributed by atoms with Crippen LogP contribution in [0.4, 0.5) is 5.13 Å². The number of ether oxygens (including phenoxy) is 1. The van der Waals surface area contributed by atoms with E-state index in [2.05, 4.69) is 4.98 Å². The summed E-state index contributed by atoms with van der Waals surface area (Å²) >= 11 is 1.44. The minimum Gasteiger partial charge on any atom is -0.497 e. The first kappa shape index (κ1) is 23.2. The van der Waals surface area contributed by atoms with Gasteiger partial charge in [-0.05, 0) is 55.2 Å². The minimum absolute atomic E-state index is 0.0848. The molecule has 0 atom stereocenters. The van der Waals surface area contributed by atoms with Crippen molar-refractivity contribution in [2.75, 3.05) is 12.0 Å². The highest BCUT2D eigenvalue weighted by atomic mass is 32.1. The first-order valence-corrected chi connectivity index (χ1v) is 11.6. The maximum atomic E-state index is 13.5. The summed E-state index contributed by atoms with van der Waals surface area (Å²) < 4.78 is 6.26. The molecule has 2 heterocycles. The number of rotatable bonds is 7. The van der Waals surface area contributed by atoms with Gasteiger partial charge in [0.15, 0.2) is 5.13 Å². The van der Waals surface area contributed by atoms with Crippen molar-refractivity contribution in [3.63, 3.8) is 0 Å². The Kier molecular flexibility index (Phi) is 6.75. The lowest BCUT2D eigenvalue weighted by atomic mass is 9.99. The molecule has 7 nitrogen and oxygen atoms in total. The number of thiazole rings is 1. The summed E-state index contributed by atoms with van der Waals surface area (Å²) in [7, 11) is 1.62. The van der Waals surface area contributed by atoms with Crippen molar-refractivity contribution in [3.8, 4) is 11.8 Å². The second-order valence-corrected chi connectivity index (χ2v) is 8.97. The highest BCUT2D eigenvalue weighted by molar-refractivity contribution is 7.22. The summed E-state index contributed by atoms with van der Waals surface area (Å²) in [6.45, 7) is 3.94. The number of hydrogen-bond donors (Lipinski definition) is 1. The molecule has 2 aromatic heterocycles. The Morgan fingerprint density at radius 2 is 1.97 bits per heavy atom. The number of carbonyl (C=O) groups excluding carboxylic acids is 1. The predicted molar refractivity (Wildman–Crippen MR) is 133 cm³/mol. The number of aryl methyl sites for hydroxylation is 1. The van der Waals surface area contributed by atoms with E-state index in [0.29, 0.717) is 29.4 Å². The quantitative estimate of drug-likeness (QED) is 0.422. The molecule has 1 N–H and O–H groups in total. The molecule has 0 fully saturated rings. The number of aromatic amines is 1. The van der Waals surface area contributed by atoms with E-state index in [9.17, 15) is 14.9 Å². The minimum atomic E-state index is -0.400. The van der Waals surface area contributed by atoms with E-state index in [1.165, 1.54) is 11.3 Å². The topological polar surface area (TPSA) is 99.1 Å². The number of nitriles is 1. The predicted octanol–water partition coefficient (Wildman–Crippen LogP) is 4.65. The van der Waals surface area contributed by atoms with Gasteiger partial charge in [-0.3, -0.25) is 14.5 Å². The molecule has 4 rings (SSSR count). The lowest BCUT2D eigenvalue weighted by molar-refractivity contribution is -0.118. The van der Waals surface area contributed by atoms with Gasteiger partial charge in [0.1, 0.15) is 17.4 Å². The molecule has 2 aromatic carbocycles. The molecule has 0 saturated heterocycles. The van der Waals surface area contributed by atoms with Crippen molar-refractivity contribution in [1.29, 1.82) is 5.26 Å². The Balaban J connectivity index is 1.65. The van der Waals surface area contributed by atoms with Crippen molar-refractivity contribution in [2.45, 2.75) is 33.2 Å². The molecule has 0 aliphatic heterocycles. The number of amides is 1. The average Bonchev–Trinajstić information content (AvgIpc) is 3.25. The van der Waals surface area contributed by atoms with Crippen molar-refractivity contribution < 1.29 is 9.53 Å². The molecule has 0 spiro atoms. The van der Waals surface area contributed by atoms with E-state index < -0.39 is 5.56 Å². The average molecular weight is 473 g/mol. The third-order valence-electron chi connectivity index (χ3n) is 5.81. The molecule has 4 aromatic rings. The molecule has 8 heteroatoms. The van der Waals surface area contributed by atoms with E-state index >= 15 is 0 Å². The zero-order valence-corrected chi connectivity index (χ0v) is 20.0. The number of fused-ring (bicyclic) bond motifs is 1. The fraction of sp³-hybridized carbons (Fsp3) is 0.231. The second kappa shape index (κ2) is 9.89. The summed E-state index contributed by atoms with van der Waals surface area (Å²) in [6, 6.07) is 17.4. The van der Waals surface area contributed by atoms with Crippen LogP contribution in [0, 0.1) is 25.2 Å². The van der Waals surface area contributed by atoms with Crippen molar-refractivity contribution in [2.24, 2.45) is 0 Å². The van der Waals surface area contributed by atoms with Gasteiger partial charge in [-0.15, -0.1) is 0 Å². The third kappa shape index (κ3) is 4.70. The van der Waals surface area contributed by atoms with Crippen LogP contribution in [0.15, 0.2) is 53.3 Å². The summed E-state index contributed by atoms with van der Waals surface area (Å²) in [5.74, 6) is 0.652. The fourth-order valence-corrected chi connectivity index (χ4v) is 4.96. The van der Waals surface area contributed by atoms with E-state index in [-0.39, 0.29) is 17.9 Å². The zero-order valence-electron chi connectivity index (χ0n) is 19.2. The molecule has 0 aliphatic carbocycles. The number of hydrogen-bond acceptors (Lipinski definition) is 6. The lowest BCUT2D eigenvalue weighted by Crippen LogP contribution is -2.30. The molecule has 1 amide bonds. The molecule has 172 valence electrons. The smallest absolute Gasteiger partial charge is 0.266 e. The highest BCUT2D eigenvalue weighted by Gasteiger charge is 2.22. The maximum Gasteiger partial charge on any atom is 0.266 e. The highest BCUT2D eigenvalue weighted by Crippen LogP contribution is 2.32. The number of benzene rings is 2. The molecule has 34 heavy (non-hydrogen) atoms. The number of aromatic nitrogens is 2. The Morgan fingerprint density at radius 1 is 1.21 bits per heavy atom. The molecule has 0 bridgehead atoms. The van der Waals surface area contributed by atoms with Crippen LogP contribution >= 0.6 is 11.3 Å².